The fraction of sp³-hybridized carbons (Fsp3) is 0.750. The number of carbonyl (C=O) groups excluding carboxylic acids is 1. The van der Waals surface area contributed by atoms with E-state index in [1.54, 1.807) is 0 Å². The van der Waals surface area contributed by atoms with Crippen LogP contribution in [0.15, 0.2) is 23.3 Å². The molecule has 4 rings (SSSR count). The molecule has 4 heterocycles. The Balaban J connectivity index is 0.000000279. The van der Waals surface area contributed by atoms with Gasteiger partial charge in [-0.25, -0.2) is 4.79 Å². The normalized spacial score (nSPS) is 21.5. The van der Waals surface area contributed by atoms with Gasteiger partial charge in [0.2, 0.25) is 0 Å². The lowest BCUT2D eigenvalue weighted by Crippen LogP contribution is -2.68. The van der Waals surface area contributed by atoms with E-state index >= 15 is 0 Å². The van der Waals surface area contributed by atoms with E-state index < -0.39 is 0 Å². The molecule has 0 bridgehead atoms. The van der Waals surface area contributed by atoms with E-state index in [-0.39, 0.29) is 6.03 Å². The third-order valence-corrected chi connectivity index (χ3v) is 5.66. The zero-order valence-corrected chi connectivity index (χ0v) is 20.0. The lowest BCUT2D eigenvalue weighted by molar-refractivity contribution is -0.177. The van der Waals surface area contributed by atoms with E-state index in [1.807, 2.05) is 37.5 Å². The number of nitrogens with zero attached hydrogens (tertiary/aromatic N) is 4. The monoisotopic (exact) mass is 418 g/mol. The van der Waals surface area contributed by atoms with Crippen LogP contribution in [0.25, 0.3) is 0 Å². The number of carbonyl (C=O) groups is 1. The maximum Gasteiger partial charge on any atom is 0.320 e. The predicted molar refractivity (Wildman–Crippen MR) is 123 cm³/mol. The van der Waals surface area contributed by atoms with Gasteiger partial charge in [0.25, 0.3) is 0 Å². The Morgan fingerprint density at radius 3 is 1.97 bits per heavy atom. The molecule has 0 atom stereocenters. The zero-order valence-electron chi connectivity index (χ0n) is 20.0. The van der Waals surface area contributed by atoms with Crippen LogP contribution in [0.2, 0.25) is 0 Å². The van der Waals surface area contributed by atoms with Crippen LogP contribution in [0.4, 0.5) is 4.79 Å². The van der Waals surface area contributed by atoms with E-state index in [0.29, 0.717) is 12.0 Å². The molecular weight excluding hydrogens is 376 g/mol. The molecule has 170 valence electrons. The Bertz CT molecular complexity index is 624. The van der Waals surface area contributed by atoms with E-state index in [2.05, 4.69) is 37.0 Å². The number of hydrogen-bond acceptors (Lipinski definition) is 4. The van der Waals surface area contributed by atoms with Crippen molar-refractivity contribution in [2.45, 2.75) is 54.4 Å². The van der Waals surface area contributed by atoms with Gasteiger partial charge in [0, 0.05) is 39.3 Å². The van der Waals surface area contributed by atoms with Crippen molar-refractivity contribution in [1.29, 1.82) is 5.26 Å². The van der Waals surface area contributed by atoms with E-state index in [9.17, 15) is 4.79 Å². The molecule has 0 unspecified atom stereocenters. The minimum Gasteiger partial charge on any atom is -0.380 e. The Hall–Kier alpha value is -1.84. The smallest absolute Gasteiger partial charge is 0.320 e. The molecule has 1 spiro atoms. The number of rotatable bonds is 1. The topological polar surface area (TPSA) is 59.8 Å². The summed E-state index contributed by atoms with van der Waals surface area (Å²) in [5.74, 6) is 0. The van der Waals surface area contributed by atoms with E-state index in [4.69, 9.17) is 10.00 Å². The lowest BCUT2D eigenvalue weighted by atomic mass is 9.78. The van der Waals surface area contributed by atoms with Gasteiger partial charge in [-0.15, -0.1) is 0 Å². The number of nitriles is 1. The van der Waals surface area contributed by atoms with Crippen molar-refractivity contribution >= 4 is 6.03 Å². The largest absolute Gasteiger partial charge is 0.380 e. The van der Waals surface area contributed by atoms with Gasteiger partial charge in [-0.05, 0) is 26.7 Å². The van der Waals surface area contributed by atoms with Gasteiger partial charge in [-0.2, -0.15) is 5.26 Å². The summed E-state index contributed by atoms with van der Waals surface area (Å²) in [5.41, 5.74) is 3.18. The molecule has 0 aliphatic carbocycles. The first-order valence-corrected chi connectivity index (χ1v) is 11.5. The first-order valence-electron chi connectivity index (χ1n) is 11.5. The number of hydrogen-bond donors (Lipinski definition) is 0. The van der Waals surface area contributed by atoms with Crippen molar-refractivity contribution < 1.29 is 9.53 Å². The highest BCUT2D eigenvalue weighted by molar-refractivity contribution is 5.76. The van der Waals surface area contributed by atoms with Crippen molar-refractivity contribution in [3.63, 3.8) is 0 Å². The number of urea groups is 1. The van der Waals surface area contributed by atoms with Gasteiger partial charge in [0.1, 0.15) is 0 Å². The maximum atomic E-state index is 12.1. The molecule has 2 fully saturated rings. The van der Waals surface area contributed by atoms with Gasteiger partial charge >= 0.3 is 6.03 Å². The molecule has 0 aromatic carbocycles. The molecule has 30 heavy (non-hydrogen) atoms. The van der Waals surface area contributed by atoms with Gasteiger partial charge in [0.05, 0.1) is 31.2 Å². The molecular formula is C24H42N4O2. The summed E-state index contributed by atoms with van der Waals surface area (Å²) in [7, 11) is 0. The highest BCUT2D eigenvalue weighted by Gasteiger charge is 2.51. The summed E-state index contributed by atoms with van der Waals surface area (Å²) in [4.78, 5) is 18.1. The quantitative estimate of drug-likeness (QED) is 0.470. The van der Waals surface area contributed by atoms with E-state index in [1.165, 1.54) is 11.1 Å². The number of ether oxygens (including phenoxy) is 1. The summed E-state index contributed by atoms with van der Waals surface area (Å²) in [6, 6.07) is 2.36. The Labute approximate surface area is 184 Å². The van der Waals surface area contributed by atoms with Gasteiger partial charge in [-0.1, -0.05) is 51.0 Å². The van der Waals surface area contributed by atoms with Crippen LogP contribution in [0, 0.1) is 16.7 Å². The Morgan fingerprint density at radius 1 is 1.00 bits per heavy atom. The minimum absolute atomic E-state index is 0.210. The predicted octanol–water partition coefficient (Wildman–Crippen LogP) is 4.30. The second-order valence-corrected chi connectivity index (χ2v) is 8.07. The molecule has 0 aromatic heterocycles. The van der Waals surface area contributed by atoms with Crippen molar-refractivity contribution in [1.82, 2.24) is 14.7 Å². The number of likely N-dealkylation sites (tertiary alicyclic amines) is 1. The van der Waals surface area contributed by atoms with Crippen LogP contribution in [0.5, 0.6) is 0 Å². The van der Waals surface area contributed by atoms with Crippen molar-refractivity contribution in [3.05, 3.63) is 23.3 Å². The standard InChI is InChI=1S/C12H18N2O2.C8H12N2.2C2H6/c1-10-2-4-13(5-3-10)11(15)14-6-12(7-14)8-16-9-12;1-8-2-5-10(6-3-8)7-4-9;2*1-2/h2H,3-9H2,1H3;2H,3,5-7H2,1H3;2*1-2H3. The summed E-state index contributed by atoms with van der Waals surface area (Å²) in [5, 5.41) is 8.37. The highest BCUT2D eigenvalue weighted by atomic mass is 16.5. The fourth-order valence-electron chi connectivity index (χ4n) is 3.67. The van der Waals surface area contributed by atoms with Crippen LogP contribution in [-0.2, 0) is 4.74 Å². The Morgan fingerprint density at radius 2 is 1.57 bits per heavy atom. The fourth-order valence-corrected chi connectivity index (χ4v) is 3.67. The summed E-state index contributed by atoms with van der Waals surface area (Å²) >= 11 is 0. The van der Waals surface area contributed by atoms with E-state index in [0.717, 1.165) is 65.3 Å². The second-order valence-electron chi connectivity index (χ2n) is 8.07. The second kappa shape index (κ2) is 13.5. The van der Waals surface area contributed by atoms with Crippen LogP contribution in [0.3, 0.4) is 0 Å². The summed E-state index contributed by atoms with van der Waals surface area (Å²) in [6.45, 7) is 20.0. The molecule has 4 aliphatic heterocycles. The van der Waals surface area contributed by atoms with Gasteiger partial charge in [0.15, 0.2) is 0 Å². The van der Waals surface area contributed by atoms with Crippen molar-refractivity contribution in [2.24, 2.45) is 5.41 Å². The molecule has 0 saturated carbocycles. The third kappa shape index (κ3) is 7.45. The SMILES string of the molecule is CC.CC.CC1=CCN(C(=O)N2CC3(COC3)C2)CC1.CC1=CCN(CC#N)CC1. The molecule has 0 N–H and O–H groups in total. The van der Waals surface area contributed by atoms with Crippen molar-refractivity contribution in [2.75, 3.05) is 59.0 Å². The maximum absolute atomic E-state index is 12.1. The lowest BCUT2D eigenvalue weighted by Gasteiger charge is -2.55. The zero-order chi connectivity index (χ0) is 22.6. The molecule has 0 radical (unpaired) electrons. The summed E-state index contributed by atoms with van der Waals surface area (Å²) in [6.07, 6.45) is 6.50. The van der Waals surface area contributed by atoms with Crippen molar-refractivity contribution in [3.8, 4) is 6.07 Å². The van der Waals surface area contributed by atoms with Gasteiger partial charge in [-0.3, -0.25) is 4.90 Å². The first-order chi connectivity index (χ1) is 14.5. The van der Waals surface area contributed by atoms with Crippen LogP contribution in [0.1, 0.15) is 54.4 Å². The minimum atomic E-state index is 0.210. The molecule has 2 amide bonds. The Kier molecular flexibility index (Phi) is 11.8. The average molecular weight is 419 g/mol. The van der Waals surface area contributed by atoms with Crippen LogP contribution in [-0.4, -0.2) is 79.8 Å². The molecule has 2 saturated heterocycles. The highest BCUT2D eigenvalue weighted by Crippen LogP contribution is 2.38. The molecule has 6 nitrogen and oxygen atoms in total. The van der Waals surface area contributed by atoms with Gasteiger partial charge < -0.3 is 14.5 Å². The molecule has 0 aromatic rings. The average Bonchev–Trinajstić information content (AvgIpc) is 2.72. The molecule has 4 aliphatic rings. The molecule has 6 heteroatoms. The van der Waals surface area contributed by atoms with Crippen LogP contribution < -0.4 is 0 Å². The third-order valence-electron chi connectivity index (χ3n) is 5.66. The summed E-state index contributed by atoms with van der Waals surface area (Å²) < 4.78 is 5.21. The van der Waals surface area contributed by atoms with Crippen LogP contribution >= 0.6 is 0 Å². The number of amides is 2. The first kappa shape index (κ1) is 26.2.